The van der Waals surface area contributed by atoms with Crippen LogP contribution in [-0.2, 0) is 4.74 Å². The van der Waals surface area contributed by atoms with Crippen molar-refractivity contribution in [2.24, 2.45) is 11.8 Å². The summed E-state index contributed by atoms with van der Waals surface area (Å²) < 4.78 is 5.54. The van der Waals surface area contributed by atoms with Gasteiger partial charge in [-0.3, -0.25) is 0 Å². The maximum Gasteiger partial charge on any atom is 0.0632 e. The van der Waals surface area contributed by atoms with E-state index in [0.29, 0.717) is 6.04 Å². The van der Waals surface area contributed by atoms with E-state index in [9.17, 15) is 0 Å². The lowest BCUT2D eigenvalue weighted by Crippen LogP contribution is -2.51. The van der Waals surface area contributed by atoms with Gasteiger partial charge in [0.05, 0.1) is 13.2 Å². The normalized spacial score (nSPS) is 39.9. The largest absolute Gasteiger partial charge is 0.378 e. The molecule has 0 radical (unpaired) electrons. The lowest BCUT2D eigenvalue weighted by Gasteiger charge is -2.42. The number of fused-ring (bicyclic) bond motifs is 1. The third kappa shape index (κ3) is 3.01. The number of rotatable bonds is 2. The Balaban J connectivity index is 1.48. The molecule has 3 aliphatic rings. The monoisotopic (exact) mass is 238 g/mol. The molecule has 98 valence electrons. The molecule has 2 saturated heterocycles. The van der Waals surface area contributed by atoms with Crippen LogP contribution in [0.3, 0.4) is 0 Å². The molecule has 1 saturated carbocycles. The number of ether oxygens (including phenoxy) is 1. The third-order valence-corrected chi connectivity index (χ3v) is 4.85. The first-order chi connectivity index (χ1) is 8.42. The van der Waals surface area contributed by atoms with Crippen molar-refractivity contribution < 1.29 is 4.74 Å². The Labute approximate surface area is 105 Å². The fourth-order valence-electron chi connectivity index (χ4n) is 3.89. The minimum Gasteiger partial charge on any atom is -0.378 e. The summed E-state index contributed by atoms with van der Waals surface area (Å²) in [7, 11) is 0. The fourth-order valence-corrected chi connectivity index (χ4v) is 3.89. The van der Waals surface area contributed by atoms with E-state index >= 15 is 0 Å². The van der Waals surface area contributed by atoms with E-state index in [4.69, 9.17) is 4.74 Å². The summed E-state index contributed by atoms with van der Waals surface area (Å²) in [5.41, 5.74) is 0. The number of nitrogens with zero attached hydrogens (tertiary/aromatic N) is 1. The second-order valence-electron chi connectivity index (χ2n) is 6.08. The van der Waals surface area contributed by atoms with Gasteiger partial charge < -0.3 is 15.0 Å². The molecule has 0 aromatic rings. The summed E-state index contributed by atoms with van der Waals surface area (Å²) in [5, 5.41) is 3.57. The van der Waals surface area contributed by atoms with Gasteiger partial charge in [0.1, 0.15) is 0 Å². The molecule has 1 aliphatic carbocycles. The lowest BCUT2D eigenvalue weighted by molar-refractivity contribution is 0.0375. The van der Waals surface area contributed by atoms with Gasteiger partial charge in [0.15, 0.2) is 0 Å². The zero-order valence-electron chi connectivity index (χ0n) is 10.9. The molecule has 2 heterocycles. The molecule has 3 heteroatoms. The zero-order chi connectivity index (χ0) is 11.5. The first-order valence-electron chi connectivity index (χ1n) is 7.45. The van der Waals surface area contributed by atoms with Crippen LogP contribution in [0.15, 0.2) is 0 Å². The van der Waals surface area contributed by atoms with Gasteiger partial charge in [-0.2, -0.15) is 0 Å². The van der Waals surface area contributed by atoms with Crippen LogP contribution in [0, 0.1) is 11.8 Å². The van der Waals surface area contributed by atoms with Crippen LogP contribution in [0.1, 0.15) is 32.1 Å². The molecule has 3 nitrogen and oxygen atoms in total. The highest BCUT2D eigenvalue weighted by Crippen LogP contribution is 2.35. The van der Waals surface area contributed by atoms with E-state index in [1.165, 1.54) is 51.7 Å². The molecule has 3 rings (SSSR count). The first-order valence-corrected chi connectivity index (χ1v) is 7.45. The molecular formula is C14H26N2O. The summed E-state index contributed by atoms with van der Waals surface area (Å²) in [6.07, 6.45) is 7.39. The molecule has 0 amide bonds. The Kier molecular flexibility index (Phi) is 3.99. The number of likely N-dealkylation sites (tertiary alicyclic amines) is 1. The van der Waals surface area contributed by atoms with E-state index in [-0.39, 0.29) is 0 Å². The predicted molar refractivity (Wildman–Crippen MR) is 69.1 cm³/mol. The summed E-state index contributed by atoms with van der Waals surface area (Å²) >= 11 is 0. The van der Waals surface area contributed by atoms with Gasteiger partial charge in [-0.25, -0.2) is 0 Å². The number of morpholine rings is 1. The molecule has 3 atom stereocenters. The highest BCUT2D eigenvalue weighted by atomic mass is 16.5. The Morgan fingerprint density at radius 2 is 2.00 bits per heavy atom. The standard InChI is InChI=1S/C14H26N2O/c1-2-4-13-9-16(7-5-12(13)3-1)10-14-11-17-8-6-15-14/h12-15H,1-11H2. The summed E-state index contributed by atoms with van der Waals surface area (Å²) in [6, 6.07) is 0.573. The van der Waals surface area contributed by atoms with Crippen LogP contribution in [0.25, 0.3) is 0 Å². The van der Waals surface area contributed by atoms with Crippen LogP contribution in [-0.4, -0.2) is 50.3 Å². The summed E-state index contributed by atoms with van der Waals surface area (Å²) in [6.45, 7) is 6.70. The summed E-state index contributed by atoms with van der Waals surface area (Å²) in [4.78, 5) is 2.68. The topological polar surface area (TPSA) is 24.5 Å². The Morgan fingerprint density at radius 3 is 2.82 bits per heavy atom. The van der Waals surface area contributed by atoms with Crippen LogP contribution >= 0.6 is 0 Å². The zero-order valence-corrected chi connectivity index (χ0v) is 10.9. The van der Waals surface area contributed by atoms with Gasteiger partial charge in [-0.1, -0.05) is 19.3 Å². The van der Waals surface area contributed by atoms with Crippen molar-refractivity contribution in [3.05, 3.63) is 0 Å². The minimum absolute atomic E-state index is 0.573. The van der Waals surface area contributed by atoms with E-state index in [1.54, 1.807) is 0 Å². The second-order valence-corrected chi connectivity index (χ2v) is 6.08. The Hall–Kier alpha value is -0.120. The lowest BCUT2D eigenvalue weighted by atomic mass is 9.75. The van der Waals surface area contributed by atoms with E-state index in [0.717, 1.165) is 31.6 Å². The van der Waals surface area contributed by atoms with Gasteiger partial charge in [0.2, 0.25) is 0 Å². The maximum absolute atomic E-state index is 5.54. The minimum atomic E-state index is 0.573. The van der Waals surface area contributed by atoms with Gasteiger partial charge in [-0.15, -0.1) is 0 Å². The molecule has 0 aromatic heterocycles. The van der Waals surface area contributed by atoms with Crippen LogP contribution in [0.2, 0.25) is 0 Å². The smallest absolute Gasteiger partial charge is 0.0632 e. The Bertz CT molecular complexity index is 238. The highest BCUT2D eigenvalue weighted by molar-refractivity contribution is 4.85. The van der Waals surface area contributed by atoms with Crippen LogP contribution < -0.4 is 5.32 Å². The summed E-state index contributed by atoms with van der Waals surface area (Å²) in [5.74, 6) is 2.05. The fraction of sp³-hybridized carbons (Fsp3) is 1.00. The molecular weight excluding hydrogens is 212 g/mol. The average Bonchev–Trinajstić information content (AvgIpc) is 2.40. The van der Waals surface area contributed by atoms with Gasteiger partial charge in [-0.05, 0) is 31.2 Å². The maximum atomic E-state index is 5.54. The van der Waals surface area contributed by atoms with Crippen molar-refractivity contribution in [3.63, 3.8) is 0 Å². The molecule has 17 heavy (non-hydrogen) atoms. The quantitative estimate of drug-likeness (QED) is 0.789. The molecule has 3 fully saturated rings. The van der Waals surface area contributed by atoms with Crippen molar-refractivity contribution in [3.8, 4) is 0 Å². The number of nitrogens with one attached hydrogen (secondary N) is 1. The first kappa shape index (κ1) is 11.9. The van der Waals surface area contributed by atoms with Crippen molar-refractivity contribution in [2.75, 3.05) is 39.4 Å². The van der Waals surface area contributed by atoms with Crippen molar-refractivity contribution in [1.29, 1.82) is 0 Å². The van der Waals surface area contributed by atoms with E-state index in [2.05, 4.69) is 10.2 Å². The van der Waals surface area contributed by atoms with Gasteiger partial charge in [0, 0.05) is 25.7 Å². The SMILES string of the molecule is C1CCC2CN(CC3COCCN3)CCC2C1. The number of piperidine rings is 1. The van der Waals surface area contributed by atoms with Gasteiger partial charge >= 0.3 is 0 Å². The predicted octanol–water partition coefficient (Wildman–Crippen LogP) is 1.49. The van der Waals surface area contributed by atoms with E-state index < -0.39 is 0 Å². The Morgan fingerprint density at radius 1 is 1.12 bits per heavy atom. The molecule has 0 spiro atoms. The number of hydrogen-bond donors (Lipinski definition) is 1. The van der Waals surface area contributed by atoms with Crippen LogP contribution in [0.4, 0.5) is 0 Å². The third-order valence-electron chi connectivity index (χ3n) is 4.85. The van der Waals surface area contributed by atoms with Crippen molar-refractivity contribution in [1.82, 2.24) is 10.2 Å². The molecule has 0 aromatic carbocycles. The second kappa shape index (κ2) is 5.68. The number of hydrogen-bond acceptors (Lipinski definition) is 3. The van der Waals surface area contributed by atoms with Crippen LogP contribution in [0.5, 0.6) is 0 Å². The van der Waals surface area contributed by atoms with E-state index in [1.807, 2.05) is 0 Å². The van der Waals surface area contributed by atoms with Crippen molar-refractivity contribution in [2.45, 2.75) is 38.1 Å². The highest BCUT2D eigenvalue weighted by Gasteiger charge is 2.31. The molecule has 2 aliphatic heterocycles. The van der Waals surface area contributed by atoms with Gasteiger partial charge in [0.25, 0.3) is 0 Å². The average molecular weight is 238 g/mol. The molecule has 0 bridgehead atoms. The molecule has 1 N–H and O–H groups in total. The van der Waals surface area contributed by atoms with Crippen molar-refractivity contribution >= 4 is 0 Å². The molecule has 3 unspecified atom stereocenters.